The number of nitrogens with one attached hydrogen (secondary N) is 1. The largest absolute Gasteiger partial charge is 0.351 e. The molecule has 1 aromatic heterocycles. The maximum atomic E-state index is 4.21. The molecule has 0 spiro atoms. The zero-order valence-corrected chi connectivity index (χ0v) is 7.07. The minimum atomic E-state index is 0.868. The van der Waals surface area contributed by atoms with Crippen LogP contribution in [0, 0.1) is 0 Å². The van der Waals surface area contributed by atoms with Gasteiger partial charge in [0.2, 0.25) is 5.95 Å². The number of hydrogen-bond acceptors (Lipinski definition) is 2. The lowest BCUT2D eigenvalue weighted by molar-refractivity contribution is 0.933. The van der Waals surface area contributed by atoms with Crippen LogP contribution in [0.1, 0.15) is 5.56 Å². The number of imidazole rings is 1. The predicted octanol–water partition coefficient (Wildman–Crippen LogP) is 1.80. The molecule has 2 heterocycles. The van der Waals surface area contributed by atoms with Crippen LogP contribution in [0.25, 0.3) is 5.69 Å². The minimum Gasteiger partial charge on any atom is -0.351 e. The van der Waals surface area contributed by atoms with Crippen molar-refractivity contribution in [3.05, 3.63) is 42.2 Å². The van der Waals surface area contributed by atoms with Crippen LogP contribution < -0.4 is 5.32 Å². The summed E-state index contributed by atoms with van der Waals surface area (Å²) in [7, 11) is 0. The summed E-state index contributed by atoms with van der Waals surface area (Å²) in [6, 6.07) is 8.35. The molecule has 2 aromatic rings. The molecule has 0 saturated heterocycles. The highest BCUT2D eigenvalue weighted by atomic mass is 15.2. The van der Waals surface area contributed by atoms with Crippen LogP contribution in [-0.4, -0.2) is 9.55 Å². The summed E-state index contributed by atoms with van der Waals surface area (Å²) in [5.41, 5.74) is 2.54. The summed E-state index contributed by atoms with van der Waals surface area (Å²) in [6.45, 7) is 0.868. The van der Waals surface area contributed by atoms with Crippen LogP contribution in [0.2, 0.25) is 0 Å². The number of anilines is 1. The Balaban J connectivity index is 2.30. The first-order valence-electron chi connectivity index (χ1n) is 4.31. The van der Waals surface area contributed by atoms with E-state index < -0.39 is 0 Å². The average Bonchev–Trinajstić information content (AvgIpc) is 2.65. The Morgan fingerprint density at radius 1 is 1.31 bits per heavy atom. The Labute approximate surface area is 76.0 Å². The van der Waals surface area contributed by atoms with Crippen molar-refractivity contribution in [2.24, 2.45) is 0 Å². The number of benzene rings is 1. The van der Waals surface area contributed by atoms with Gasteiger partial charge in [-0.2, -0.15) is 0 Å². The number of aromatic nitrogens is 2. The molecule has 1 aliphatic rings. The molecule has 0 bridgehead atoms. The maximum Gasteiger partial charge on any atom is 0.207 e. The van der Waals surface area contributed by atoms with Gasteiger partial charge in [-0.1, -0.05) is 18.2 Å². The first-order valence-corrected chi connectivity index (χ1v) is 4.31. The molecule has 0 fully saturated rings. The van der Waals surface area contributed by atoms with Gasteiger partial charge in [-0.3, -0.25) is 4.57 Å². The van der Waals surface area contributed by atoms with Crippen molar-refractivity contribution in [3.63, 3.8) is 0 Å². The summed E-state index contributed by atoms with van der Waals surface area (Å²) in [5, 5.41) is 3.25. The highest BCUT2D eigenvalue weighted by Crippen LogP contribution is 2.23. The van der Waals surface area contributed by atoms with Crippen LogP contribution >= 0.6 is 0 Å². The molecular weight excluding hydrogens is 162 g/mol. The number of fused-ring (bicyclic) bond motifs is 3. The molecule has 0 radical (unpaired) electrons. The van der Waals surface area contributed by atoms with E-state index in [1.54, 1.807) is 0 Å². The Bertz CT molecular complexity index is 445. The summed E-state index contributed by atoms with van der Waals surface area (Å²) in [5.74, 6) is 0.929. The molecule has 1 aromatic carbocycles. The van der Waals surface area contributed by atoms with E-state index >= 15 is 0 Å². The van der Waals surface area contributed by atoms with Crippen molar-refractivity contribution in [3.8, 4) is 5.69 Å². The van der Waals surface area contributed by atoms with Gasteiger partial charge in [0, 0.05) is 18.9 Å². The number of hydrogen-bond donors (Lipinski definition) is 1. The fourth-order valence-corrected chi connectivity index (χ4v) is 1.70. The van der Waals surface area contributed by atoms with Crippen LogP contribution in [0.4, 0.5) is 5.95 Å². The fourth-order valence-electron chi connectivity index (χ4n) is 1.70. The van der Waals surface area contributed by atoms with Gasteiger partial charge in [0.15, 0.2) is 0 Å². The van der Waals surface area contributed by atoms with E-state index in [-0.39, 0.29) is 0 Å². The Morgan fingerprint density at radius 2 is 2.23 bits per heavy atom. The molecule has 0 saturated carbocycles. The first-order chi connectivity index (χ1) is 6.45. The minimum absolute atomic E-state index is 0.868. The van der Waals surface area contributed by atoms with Crippen molar-refractivity contribution in [1.29, 1.82) is 0 Å². The number of rotatable bonds is 0. The van der Waals surface area contributed by atoms with Crippen molar-refractivity contribution in [2.75, 3.05) is 5.32 Å². The van der Waals surface area contributed by atoms with Gasteiger partial charge < -0.3 is 5.32 Å². The zero-order valence-electron chi connectivity index (χ0n) is 7.07. The van der Waals surface area contributed by atoms with Crippen LogP contribution in [0.15, 0.2) is 36.7 Å². The second-order valence-electron chi connectivity index (χ2n) is 3.10. The second-order valence-corrected chi connectivity index (χ2v) is 3.10. The van der Waals surface area contributed by atoms with Gasteiger partial charge in [0.1, 0.15) is 0 Å². The summed E-state index contributed by atoms with van der Waals surface area (Å²) < 4.78 is 2.07. The standard InChI is InChI=1S/C10H9N3/c1-2-4-9-8(3-1)7-12-10-11-5-6-13(9)10/h1-6H,7H2,(H,11,12). The molecule has 0 aliphatic carbocycles. The van der Waals surface area contributed by atoms with E-state index in [2.05, 4.69) is 33.1 Å². The molecular formula is C10H9N3. The van der Waals surface area contributed by atoms with E-state index in [9.17, 15) is 0 Å². The summed E-state index contributed by atoms with van der Waals surface area (Å²) >= 11 is 0. The summed E-state index contributed by atoms with van der Waals surface area (Å²) in [4.78, 5) is 4.21. The molecule has 1 N–H and O–H groups in total. The quantitative estimate of drug-likeness (QED) is 0.655. The highest BCUT2D eigenvalue weighted by Gasteiger charge is 2.13. The third-order valence-electron chi connectivity index (χ3n) is 2.33. The van der Waals surface area contributed by atoms with Gasteiger partial charge in [-0.05, 0) is 11.6 Å². The molecule has 3 nitrogen and oxygen atoms in total. The summed E-state index contributed by atoms with van der Waals surface area (Å²) in [6.07, 6.45) is 3.78. The fraction of sp³-hybridized carbons (Fsp3) is 0.100. The lowest BCUT2D eigenvalue weighted by atomic mass is 10.1. The van der Waals surface area contributed by atoms with Crippen molar-refractivity contribution >= 4 is 5.95 Å². The van der Waals surface area contributed by atoms with E-state index in [0.29, 0.717) is 0 Å². The zero-order chi connectivity index (χ0) is 8.67. The Kier molecular flexibility index (Phi) is 1.22. The molecule has 0 unspecified atom stereocenters. The Hall–Kier alpha value is -1.77. The van der Waals surface area contributed by atoms with Crippen LogP contribution in [0.5, 0.6) is 0 Å². The molecule has 1 aliphatic heterocycles. The number of para-hydroxylation sites is 1. The van der Waals surface area contributed by atoms with Crippen LogP contribution in [-0.2, 0) is 6.54 Å². The van der Waals surface area contributed by atoms with E-state index in [4.69, 9.17) is 0 Å². The average molecular weight is 171 g/mol. The molecule has 64 valence electrons. The Morgan fingerprint density at radius 3 is 3.23 bits per heavy atom. The van der Waals surface area contributed by atoms with E-state index in [0.717, 1.165) is 12.5 Å². The van der Waals surface area contributed by atoms with Crippen molar-refractivity contribution in [1.82, 2.24) is 9.55 Å². The third kappa shape index (κ3) is 0.869. The monoisotopic (exact) mass is 171 g/mol. The maximum absolute atomic E-state index is 4.21. The first kappa shape index (κ1) is 6.71. The predicted molar refractivity (Wildman–Crippen MR) is 50.9 cm³/mol. The smallest absolute Gasteiger partial charge is 0.207 e. The highest BCUT2D eigenvalue weighted by molar-refractivity contribution is 5.52. The molecule has 3 rings (SSSR count). The van der Waals surface area contributed by atoms with E-state index in [1.807, 2.05) is 18.5 Å². The van der Waals surface area contributed by atoms with Crippen molar-refractivity contribution < 1.29 is 0 Å². The molecule has 13 heavy (non-hydrogen) atoms. The SMILES string of the molecule is c1ccc2c(c1)CNc1nccn1-2. The van der Waals surface area contributed by atoms with Crippen LogP contribution in [0.3, 0.4) is 0 Å². The second kappa shape index (κ2) is 2.36. The third-order valence-corrected chi connectivity index (χ3v) is 2.33. The van der Waals surface area contributed by atoms with Gasteiger partial charge in [0.25, 0.3) is 0 Å². The molecule has 3 heteroatoms. The lowest BCUT2D eigenvalue weighted by Gasteiger charge is -2.19. The van der Waals surface area contributed by atoms with Gasteiger partial charge in [0.05, 0.1) is 5.69 Å². The topological polar surface area (TPSA) is 29.9 Å². The van der Waals surface area contributed by atoms with Crippen molar-refractivity contribution in [2.45, 2.75) is 6.54 Å². The number of nitrogens with zero attached hydrogens (tertiary/aromatic N) is 2. The van der Waals surface area contributed by atoms with Gasteiger partial charge in [-0.15, -0.1) is 0 Å². The lowest BCUT2D eigenvalue weighted by Crippen LogP contribution is -2.14. The van der Waals surface area contributed by atoms with E-state index in [1.165, 1.54) is 11.3 Å². The van der Waals surface area contributed by atoms with Gasteiger partial charge >= 0.3 is 0 Å². The molecule has 0 atom stereocenters. The molecule has 0 amide bonds. The van der Waals surface area contributed by atoms with Gasteiger partial charge in [-0.25, -0.2) is 4.98 Å². The normalized spacial score (nSPS) is 12.9.